The van der Waals surface area contributed by atoms with E-state index < -0.39 is 0 Å². The molecule has 0 fully saturated rings. The number of amides is 1. The van der Waals surface area contributed by atoms with Gasteiger partial charge in [-0.2, -0.15) is 0 Å². The fourth-order valence-electron chi connectivity index (χ4n) is 1.89. The molecule has 0 radical (unpaired) electrons. The topological polar surface area (TPSA) is 55.1 Å². The first kappa shape index (κ1) is 12.6. The third-order valence-electron chi connectivity index (χ3n) is 2.92. The highest BCUT2D eigenvalue weighted by atomic mass is 32.1. The van der Waals surface area contributed by atoms with Gasteiger partial charge in [-0.3, -0.25) is 4.79 Å². The number of benzene rings is 1. The Hall–Kier alpha value is -2.40. The maximum atomic E-state index is 12.3. The monoisotopic (exact) mass is 284 g/mol. The number of carbonyl (C=O) groups is 1. The predicted molar refractivity (Wildman–Crippen MR) is 78.9 cm³/mol. The smallest absolute Gasteiger partial charge is 0.278 e. The van der Waals surface area contributed by atoms with Crippen LogP contribution in [0.3, 0.4) is 0 Å². The predicted octanol–water partition coefficient (Wildman–Crippen LogP) is 3.96. The Labute approximate surface area is 120 Å². The summed E-state index contributed by atoms with van der Waals surface area (Å²) in [6.45, 7) is 1.94. The first-order chi connectivity index (χ1) is 9.75. The van der Waals surface area contributed by atoms with Crippen molar-refractivity contribution < 1.29 is 9.21 Å². The van der Waals surface area contributed by atoms with Crippen LogP contribution in [0.5, 0.6) is 0 Å². The molecule has 3 rings (SSSR count). The number of aryl methyl sites for hydroxylation is 1. The highest BCUT2D eigenvalue weighted by molar-refractivity contribution is 7.13. The van der Waals surface area contributed by atoms with Crippen molar-refractivity contribution in [2.24, 2.45) is 0 Å². The summed E-state index contributed by atoms with van der Waals surface area (Å²) >= 11 is 1.51. The maximum absolute atomic E-state index is 12.3. The number of hydrogen-bond acceptors (Lipinski definition) is 4. The zero-order valence-electron chi connectivity index (χ0n) is 10.8. The van der Waals surface area contributed by atoms with Crippen LogP contribution in [0.15, 0.2) is 52.6 Å². The molecule has 4 nitrogen and oxygen atoms in total. The second kappa shape index (κ2) is 5.30. The summed E-state index contributed by atoms with van der Waals surface area (Å²) in [5.74, 6) is 0.238. The van der Waals surface area contributed by atoms with Gasteiger partial charge in [-0.1, -0.05) is 24.3 Å². The lowest BCUT2D eigenvalue weighted by atomic mass is 10.2. The summed E-state index contributed by atoms with van der Waals surface area (Å²) in [5, 5.41) is 4.79. The maximum Gasteiger partial charge on any atom is 0.278 e. The van der Waals surface area contributed by atoms with E-state index in [0.29, 0.717) is 11.5 Å². The Morgan fingerprint density at radius 2 is 2.10 bits per heavy atom. The molecule has 0 aliphatic rings. The average Bonchev–Trinajstić information content (AvgIpc) is 3.11. The normalized spacial score (nSPS) is 10.4. The fourth-order valence-corrected chi connectivity index (χ4v) is 2.60. The van der Waals surface area contributed by atoms with E-state index in [1.54, 1.807) is 0 Å². The molecule has 0 bridgehead atoms. The fraction of sp³-hybridized carbons (Fsp3) is 0.0667. The summed E-state index contributed by atoms with van der Waals surface area (Å²) in [7, 11) is 0. The summed E-state index contributed by atoms with van der Waals surface area (Å²) in [6, 6.07) is 11.4. The summed E-state index contributed by atoms with van der Waals surface area (Å²) in [6.07, 6.45) is 1.29. The molecule has 1 aromatic carbocycles. The molecule has 0 saturated carbocycles. The van der Waals surface area contributed by atoms with Crippen molar-refractivity contribution >= 4 is 22.9 Å². The van der Waals surface area contributed by atoms with Crippen LogP contribution < -0.4 is 5.32 Å². The molecule has 0 spiro atoms. The zero-order chi connectivity index (χ0) is 13.9. The van der Waals surface area contributed by atoms with Crippen molar-refractivity contribution in [1.29, 1.82) is 0 Å². The summed E-state index contributed by atoms with van der Waals surface area (Å²) < 4.78 is 5.34. The van der Waals surface area contributed by atoms with Crippen LogP contribution in [0, 0.1) is 6.92 Å². The highest BCUT2D eigenvalue weighted by Gasteiger charge is 2.19. The third kappa shape index (κ3) is 2.35. The number of thiophene rings is 1. The molecule has 1 amide bonds. The Kier molecular flexibility index (Phi) is 3.35. The van der Waals surface area contributed by atoms with E-state index in [1.165, 1.54) is 17.7 Å². The van der Waals surface area contributed by atoms with Crippen LogP contribution in [0.25, 0.3) is 10.6 Å². The molecule has 0 saturated heterocycles. The van der Waals surface area contributed by atoms with E-state index in [9.17, 15) is 4.79 Å². The van der Waals surface area contributed by atoms with E-state index in [2.05, 4.69) is 10.3 Å². The van der Waals surface area contributed by atoms with Gasteiger partial charge in [0.25, 0.3) is 5.91 Å². The van der Waals surface area contributed by atoms with Gasteiger partial charge in [0, 0.05) is 5.69 Å². The van der Waals surface area contributed by atoms with Crippen molar-refractivity contribution in [3.63, 3.8) is 0 Å². The molecule has 1 N–H and O–H groups in total. The highest BCUT2D eigenvalue weighted by Crippen LogP contribution is 2.28. The minimum absolute atomic E-state index is 0.267. The Balaban J connectivity index is 1.89. The molecule has 3 aromatic rings. The molecular formula is C15H12N2O2S. The molecule has 0 aliphatic heterocycles. The van der Waals surface area contributed by atoms with Gasteiger partial charge in [0.1, 0.15) is 0 Å². The minimum Gasteiger partial charge on any atom is -0.442 e. The molecule has 100 valence electrons. The molecule has 20 heavy (non-hydrogen) atoms. The van der Waals surface area contributed by atoms with Gasteiger partial charge in [0.15, 0.2) is 17.8 Å². The van der Waals surface area contributed by atoms with Crippen LogP contribution in [-0.2, 0) is 0 Å². The quantitative estimate of drug-likeness (QED) is 0.792. The minimum atomic E-state index is -0.267. The molecule has 0 atom stereocenters. The Bertz CT molecular complexity index is 732. The molecule has 0 aliphatic carbocycles. The van der Waals surface area contributed by atoms with Gasteiger partial charge >= 0.3 is 0 Å². The van der Waals surface area contributed by atoms with Gasteiger partial charge in [-0.15, -0.1) is 11.3 Å². The second-order valence-electron chi connectivity index (χ2n) is 4.28. The van der Waals surface area contributed by atoms with Gasteiger partial charge in [0.05, 0.1) is 4.88 Å². The van der Waals surface area contributed by atoms with Crippen molar-refractivity contribution in [3.05, 3.63) is 59.4 Å². The number of para-hydroxylation sites is 1. The number of hydrogen-bond donors (Lipinski definition) is 1. The van der Waals surface area contributed by atoms with Gasteiger partial charge in [-0.25, -0.2) is 4.98 Å². The zero-order valence-corrected chi connectivity index (χ0v) is 11.6. The van der Waals surface area contributed by atoms with Crippen molar-refractivity contribution in [1.82, 2.24) is 4.98 Å². The van der Waals surface area contributed by atoms with E-state index in [1.807, 2.05) is 48.7 Å². The first-order valence-corrected chi connectivity index (χ1v) is 6.98. The Morgan fingerprint density at radius 3 is 2.85 bits per heavy atom. The lowest BCUT2D eigenvalue weighted by Gasteiger charge is -2.06. The molecule has 0 unspecified atom stereocenters. The van der Waals surface area contributed by atoms with E-state index in [4.69, 9.17) is 4.42 Å². The largest absolute Gasteiger partial charge is 0.442 e. The van der Waals surface area contributed by atoms with E-state index in [-0.39, 0.29) is 5.91 Å². The number of nitrogens with zero attached hydrogens (tertiary/aromatic N) is 1. The molecular weight excluding hydrogens is 272 g/mol. The Morgan fingerprint density at radius 1 is 1.25 bits per heavy atom. The lowest BCUT2D eigenvalue weighted by Crippen LogP contribution is -2.14. The summed E-state index contributed by atoms with van der Waals surface area (Å²) in [4.78, 5) is 17.2. The van der Waals surface area contributed by atoms with Gasteiger partial charge in [-0.05, 0) is 30.0 Å². The number of oxazole rings is 1. The number of nitrogens with one attached hydrogen (secondary N) is 1. The average molecular weight is 284 g/mol. The number of carbonyl (C=O) groups excluding carboxylic acids is 1. The van der Waals surface area contributed by atoms with Gasteiger partial charge < -0.3 is 9.73 Å². The third-order valence-corrected chi connectivity index (χ3v) is 3.79. The van der Waals surface area contributed by atoms with Gasteiger partial charge in [0.2, 0.25) is 0 Å². The van der Waals surface area contributed by atoms with Crippen LogP contribution >= 0.6 is 11.3 Å². The number of rotatable bonds is 3. The SMILES string of the molecule is Cc1ccccc1NC(=O)c1ncoc1-c1cccs1. The van der Waals surface area contributed by atoms with E-state index >= 15 is 0 Å². The van der Waals surface area contributed by atoms with Crippen LogP contribution in [0.2, 0.25) is 0 Å². The first-order valence-electron chi connectivity index (χ1n) is 6.10. The van der Waals surface area contributed by atoms with Crippen LogP contribution in [-0.4, -0.2) is 10.9 Å². The molecule has 2 aromatic heterocycles. The number of aromatic nitrogens is 1. The molecule has 2 heterocycles. The second-order valence-corrected chi connectivity index (χ2v) is 5.22. The van der Waals surface area contributed by atoms with Crippen molar-refractivity contribution in [3.8, 4) is 10.6 Å². The van der Waals surface area contributed by atoms with Crippen molar-refractivity contribution in [2.45, 2.75) is 6.92 Å². The number of anilines is 1. The lowest BCUT2D eigenvalue weighted by molar-refractivity contribution is 0.102. The van der Waals surface area contributed by atoms with Crippen molar-refractivity contribution in [2.75, 3.05) is 5.32 Å². The van der Waals surface area contributed by atoms with Crippen LogP contribution in [0.4, 0.5) is 5.69 Å². The molecule has 5 heteroatoms. The standard InChI is InChI=1S/C15H12N2O2S/c1-10-5-2-3-6-11(10)17-15(18)13-14(19-9-16-13)12-7-4-8-20-12/h2-9H,1H3,(H,17,18). The summed E-state index contributed by atoms with van der Waals surface area (Å²) in [5.41, 5.74) is 2.08. The van der Waals surface area contributed by atoms with Crippen LogP contribution in [0.1, 0.15) is 16.1 Å². The van der Waals surface area contributed by atoms with E-state index in [0.717, 1.165) is 16.1 Å².